The number of hydrogen-bond donors (Lipinski definition) is 2. The lowest BCUT2D eigenvalue weighted by Gasteiger charge is -2.13. The summed E-state index contributed by atoms with van der Waals surface area (Å²) in [6.45, 7) is 0.428. The summed E-state index contributed by atoms with van der Waals surface area (Å²) in [5, 5.41) is 4.21. The van der Waals surface area contributed by atoms with E-state index in [1.807, 2.05) is 12.1 Å². The molecule has 3 N–H and O–H groups in total. The number of pyridine rings is 1. The molecule has 0 saturated heterocycles. The summed E-state index contributed by atoms with van der Waals surface area (Å²) in [5.74, 6) is 0.919. The lowest BCUT2D eigenvalue weighted by atomic mass is 10.2. The third-order valence-corrected chi connectivity index (χ3v) is 4.13. The summed E-state index contributed by atoms with van der Waals surface area (Å²) in [6.07, 6.45) is 3.99. The summed E-state index contributed by atoms with van der Waals surface area (Å²) >= 11 is 6.12. The number of fused-ring (bicyclic) bond motifs is 1. The highest BCUT2D eigenvalue weighted by Gasteiger charge is 2.28. The number of rotatable bonds is 6. The van der Waals surface area contributed by atoms with Gasteiger partial charge in [0.2, 0.25) is 0 Å². The molecule has 1 amide bonds. The van der Waals surface area contributed by atoms with Crippen molar-refractivity contribution in [1.82, 2.24) is 10.3 Å². The third kappa shape index (κ3) is 3.48. The van der Waals surface area contributed by atoms with Crippen molar-refractivity contribution < 1.29 is 9.53 Å². The van der Waals surface area contributed by atoms with Gasteiger partial charge in [-0.2, -0.15) is 0 Å². The first-order valence-electron chi connectivity index (χ1n) is 7.33. The molecule has 1 aromatic carbocycles. The largest absolute Gasteiger partial charge is 0.481 e. The molecule has 0 aliphatic heterocycles. The number of benzene rings is 1. The average Bonchev–Trinajstić information content (AvgIpc) is 3.37. The molecular weight excluding hydrogens is 302 g/mol. The van der Waals surface area contributed by atoms with Crippen molar-refractivity contribution in [1.29, 1.82) is 0 Å². The number of nitrogens with zero attached hydrogens (tertiary/aromatic N) is 1. The first-order chi connectivity index (χ1) is 10.6. The van der Waals surface area contributed by atoms with Crippen LogP contribution in [0.3, 0.4) is 0 Å². The van der Waals surface area contributed by atoms with Crippen LogP contribution < -0.4 is 15.8 Å². The average molecular weight is 320 g/mol. The van der Waals surface area contributed by atoms with Crippen LogP contribution in [0.25, 0.3) is 10.9 Å². The Bertz CT molecular complexity index is 688. The van der Waals surface area contributed by atoms with E-state index in [0.29, 0.717) is 28.8 Å². The Balaban J connectivity index is 1.59. The van der Waals surface area contributed by atoms with Gasteiger partial charge in [0.05, 0.1) is 5.02 Å². The SMILES string of the molecule is NC(CNC(=O)COc1ccc(Cl)c2cccnc12)C1CC1. The zero-order chi connectivity index (χ0) is 15.5. The van der Waals surface area contributed by atoms with Gasteiger partial charge in [-0.05, 0) is 43.0 Å². The fourth-order valence-electron chi connectivity index (χ4n) is 2.35. The summed E-state index contributed by atoms with van der Waals surface area (Å²) < 4.78 is 5.57. The maximum Gasteiger partial charge on any atom is 0.257 e. The third-order valence-electron chi connectivity index (χ3n) is 3.80. The lowest BCUT2D eigenvalue weighted by Crippen LogP contribution is -2.40. The Kier molecular flexibility index (Phi) is 4.45. The predicted octanol–water partition coefficient (Wildman–Crippen LogP) is 2.12. The molecule has 1 saturated carbocycles. The molecule has 1 aliphatic rings. The zero-order valence-electron chi connectivity index (χ0n) is 12.1. The molecule has 1 fully saturated rings. The van der Waals surface area contributed by atoms with E-state index in [0.717, 1.165) is 18.2 Å². The summed E-state index contributed by atoms with van der Waals surface area (Å²) in [4.78, 5) is 16.1. The molecule has 0 radical (unpaired) electrons. The number of carbonyl (C=O) groups is 1. The number of ether oxygens (including phenoxy) is 1. The van der Waals surface area contributed by atoms with Crippen LogP contribution in [0.4, 0.5) is 0 Å². The van der Waals surface area contributed by atoms with E-state index in [1.165, 1.54) is 0 Å². The minimum atomic E-state index is -0.185. The summed E-state index contributed by atoms with van der Waals surface area (Å²) in [6, 6.07) is 7.18. The Morgan fingerprint density at radius 3 is 3.05 bits per heavy atom. The second-order valence-electron chi connectivity index (χ2n) is 5.54. The van der Waals surface area contributed by atoms with Crippen molar-refractivity contribution in [2.45, 2.75) is 18.9 Å². The van der Waals surface area contributed by atoms with Crippen molar-refractivity contribution in [2.24, 2.45) is 11.7 Å². The van der Waals surface area contributed by atoms with Crippen LogP contribution in [-0.4, -0.2) is 30.1 Å². The molecule has 1 aliphatic carbocycles. The fourth-order valence-corrected chi connectivity index (χ4v) is 2.56. The van der Waals surface area contributed by atoms with Crippen molar-refractivity contribution in [3.8, 4) is 5.75 Å². The van der Waals surface area contributed by atoms with Crippen LogP contribution in [0.2, 0.25) is 5.02 Å². The number of nitrogens with two attached hydrogens (primary N) is 1. The van der Waals surface area contributed by atoms with Crippen LogP contribution in [0.1, 0.15) is 12.8 Å². The fraction of sp³-hybridized carbons (Fsp3) is 0.375. The molecule has 1 atom stereocenters. The number of carbonyl (C=O) groups excluding carboxylic acids is 1. The van der Waals surface area contributed by atoms with Gasteiger partial charge in [0.1, 0.15) is 11.3 Å². The molecule has 1 aromatic heterocycles. The first-order valence-corrected chi connectivity index (χ1v) is 7.71. The van der Waals surface area contributed by atoms with Crippen molar-refractivity contribution in [3.63, 3.8) is 0 Å². The standard InChI is InChI=1S/C16H18ClN3O2/c17-12-5-6-14(16-11(12)2-1-7-19-16)22-9-15(21)20-8-13(18)10-3-4-10/h1-2,5-7,10,13H,3-4,8-9,18H2,(H,20,21). The summed E-state index contributed by atoms with van der Waals surface area (Å²) in [7, 11) is 0. The Morgan fingerprint density at radius 2 is 2.27 bits per heavy atom. The molecular formula is C16H18ClN3O2. The van der Waals surface area contributed by atoms with E-state index in [4.69, 9.17) is 22.1 Å². The molecule has 22 heavy (non-hydrogen) atoms. The molecule has 2 aromatic rings. The highest BCUT2D eigenvalue weighted by Crippen LogP contribution is 2.31. The normalized spacial score (nSPS) is 15.5. The number of halogens is 1. The van der Waals surface area contributed by atoms with E-state index < -0.39 is 0 Å². The van der Waals surface area contributed by atoms with Gasteiger partial charge in [0.25, 0.3) is 5.91 Å². The van der Waals surface area contributed by atoms with E-state index in [2.05, 4.69) is 10.3 Å². The molecule has 3 rings (SSSR count). The van der Waals surface area contributed by atoms with Crippen molar-refractivity contribution in [2.75, 3.05) is 13.2 Å². The van der Waals surface area contributed by atoms with E-state index in [-0.39, 0.29) is 18.6 Å². The smallest absolute Gasteiger partial charge is 0.257 e. The minimum Gasteiger partial charge on any atom is -0.481 e. The Labute approximate surface area is 133 Å². The van der Waals surface area contributed by atoms with Gasteiger partial charge in [0.15, 0.2) is 6.61 Å². The monoisotopic (exact) mass is 319 g/mol. The summed E-state index contributed by atoms with van der Waals surface area (Å²) in [5.41, 5.74) is 6.60. The van der Waals surface area contributed by atoms with Crippen LogP contribution in [0.15, 0.2) is 30.5 Å². The second-order valence-corrected chi connectivity index (χ2v) is 5.95. The molecule has 116 valence electrons. The van der Waals surface area contributed by atoms with E-state index >= 15 is 0 Å². The molecule has 6 heteroatoms. The predicted molar refractivity (Wildman–Crippen MR) is 86.0 cm³/mol. The van der Waals surface area contributed by atoms with Gasteiger partial charge in [-0.3, -0.25) is 9.78 Å². The van der Waals surface area contributed by atoms with Crippen LogP contribution in [-0.2, 0) is 4.79 Å². The zero-order valence-corrected chi connectivity index (χ0v) is 12.8. The highest BCUT2D eigenvalue weighted by atomic mass is 35.5. The van der Waals surface area contributed by atoms with E-state index in [9.17, 15) is 4.79 Å². The quantitative estimate of drug-likeness (QED) is 0.855. The van der Waals surface area contributed by atoms with Crippen molar-refractivity contribution in [3.05, 3.63) is 35.5 Å². The highest BCUT2D eigenvalue weighted by molar-refractivity contribution is 6.35. The van der Waals surface area contributed by atoms with Gasteiger partial charge in [-0.25, -0.2) is 0 Å². The molecule has 0 spiro atoms. The van der Waals surface area contributed by atoms with Gasteiger partial charge in [0, 0.05) is 24.2 Å². The lowest BCUT2D eigenvalue weighted by molar-refractivity contribution is -0.123. The first kappa shape index (κ1) is 15.1. The van der Waals surface area contributed by atoms with Gasteiger partial charge in [-0.15, -0.1) is 0 Å². The number of hydrogen-bond acceptors (Lipinski definition) is 4. The number of nitrogens with one attached hydrogen (secondary N) is 1. The van der Waals surface area contributed by atoms with Crippen LogP contribution >= 0.6 is 11.6 Å². The minimum absolute atomic E-state index is 0.0435. The van der Waals surface area contributed by atoms with Gasteiger partial charge < -0.3 is 15.8 Å². The van der Waals surface area contributed by atoms with Crippen molar-refractivity contribution >= 4 is 28.4 Å². The molecule has 1 heterocycles. The van der Waals surface area contributed by atoms with Crippen LogP contribution in [0.5, 0.6) is 5.75 Å². The second kappa shape index (κ2) is 6.50. The number of amides is 1. The van der Waals surface area contributed by atoms with Gasteiger partial charge in [-0.1, -0.05) is 11.6 Å². The molecule has 0 bridgehead atoms. The molecule has 1 unspecified atom stereocenters. The number of aromatic nitrogens is 1. The Morgan fingerprint density at radius 1 is 1.45 bits per heavy atom. The maximum atomic E-state index is 11.8. The van der Waals surface area contributed by atoms with Gasteiger partial charge >= 0.3 is 0 Å². The topological polar surface area (TPSA) is 77.2 Å². The Hall–Kier alpha value is -1.85. The van der Waals surface area contributed by atoms with E-state index in [1.54, 1.807) is 18.3 Å². The molecule has 5 nitrogen and oxygen atoms in total. The maximum absolute atomic E-state index is 11.8. The van der Waals surface area contributed by atoms with Crippen LogP contribution in [0, 0.1) is 5.92 Å².